The number of carbonyl (C=O) groups excluding carboxylic acids is 1. The summed E-state index contributed by atoms with van der Waals surface area (Å²) in [6.45, 7) is 4.36. The van der Waals surface area contributed by atoms with Crippen LogP contribution in [0.3, 0.4) is 0 Å². The molecular weight excluding hydrogens is 344 g/mol. The molecule has 1 aromatic carbocycles. The molecule has 0 aliphatic carbocycles. The van der Waals surface area contributed by atoms with Crippen LogP contribution in [0, 0.1) is 0 Å². The Hall–Kier alpha value is -3.00. The average Bonchev–Trinajstić information content (AvgIpc) is 3.32. The molecular formula is C19H20N6O2. The molecule has 0 unspecified atom stereocenters. The quantitative estimate of drug-likeness (QED) is 0.695. The Balaban J connectivity index is 1.31. The van der Waals surface area contributed by atoms with Crippen LogP contribution in [-0.2, 0) is 29.2 Å². The fraction of sp³-hybridized carbons (Fsp3) is 0.368. The summed E-state index contributed by atoms with van der Waals surface area (Å²) >= 11 is 0. The predicted molar refractivity (Wildman–Crippen MR) is 99.1 cm³/mol. The molecule has 8 nitrogen and oxygen atoms in total. The van der Waals surface area contributed by atoms with Crippen molar-refractivity contribution in [2.45, 2.75) is 19.6 Å². The molecule has 5 rings (SSSR count). The van der Waals surface area contributed by atoms with Crippen LogP contribution in [0.15, 0.2) is 36.8 Å². The van der Waals surface area contributed by atoms with E-state index in [4.69, 9.17) is 9.72 Å². The van der Waals surface area contributed by atoms with E-state index in [2.05, 4.69) is 14.9 Å². The van der Waals surface area contributed by atoms with Gasteiger partial charge in [0.15, 0.2) is 0 Å². The lowest BCUT2D eigenvalue weighted by atomic mass is 10.3. The minimum atomic E-state index is 0.0593. The maximum atomic E-state index is 12.8. The van der Waals surface area contributed by atoms with Crippen molar-refractivity contribution in [2.24, 2.45) is 0 Å². The summed E-state index contributed by atoms with van der Waals surface area (Å²) in [5.74, 6) is 0.788. The van der Waals surface area contributed by atoms with E-state index in [1.54, 1.807) is 6.33 Å². The van der Waals surface area contributed by atoms with E-state index in [0.717, 1.165) is 41.3 Å². The normalized spacial score (nSPS) is 16.7. The summed E-state index contributed by atoms with van der Waals surface area (Å²) in [6.07, 6.45) is 3.58. The Kier molecular flexibility index (Phi) is 3.97. The van der Waals surface area contributed by atoms with E-state index in [0.29, 0.717) is 26.3 Å². The number of aromatic nitrogens is 4. The van der Waals surface area contributed by atoms with Crippen molar-refractivity contribution in [1.29, 1.82) is 0 Å². The number of carbonyl (C=O) groups is 1. The number of nitrogens with zero attached hydrogens (tertiary/aromatic N) is 6. The van der Waals surface area contributed by atoms with E-state index >= 15 is 0 Å². The van der Waals surface area contributed by atoms with Gasteiger partial charge in [-0.25, -0.2) is 15.0 Å². The van der Waals surface area contributed by atoms with Gasteiger partial charge in [0.05, 0.1) is 42.8 Å². The van der Waals surface area contributed by atoms with Crippen LogP contribution in [0.25, 0.3) is 11.0 Å². The lowest BCUT2D eigenvalue weighted by molar-refractivity contribution is -0.132. The molecule has 1 fully saturated rings. The lowest BCUT2D eigenvalue weighted by Crippen LogP contribution is -2.37. The number of fused-ring (bicyclic) bond motifs is 2. The summed E-state index contributed by atoms with van der Waals surface area (Å²) in [5, 5.41) is 0. The van der Waals surface area contributed by atoms with Gasteiger partial charge in [0.2, 0.25) is 11.9 Å². The molecule has 27 heavy (non-hydrogen) atoms. The van der Waals surface area contributed by atoms with Crippen LogP contribution in [-0.4, -0.2) is 56.6 Å². The minimum absolute atomic E-state index is 0.0593. The SMILES string of the molecule is O=C(Cn1cnc2ccccc21)N1Cc2cnc(N3CCOCC3)nc2C1. The second-order valence-electron chi connectivity index (χ2n) is 6.85. The Bertz CT molecular complexity index is 995. The van der Waals surface area contributed by atoms with Crippen molar-refractivity contribution in [1.82, 2.24) is 24.4 Å². The molecule has 2 aromatic heterocycles. The molecule has 2 aliphatic heterocycles. The molecule has 0 spiro atoms. The van der Waals surface area contributed by atoms with E-state index < -0.39 is 0 Å². The van der Waals surface area contributed by atoms with Crippen molar-refractivity contribution in [3.63, 3.8) is 0 Å². The fourth-order valence-electron chi connectivity index (χ4n) is 3.62. The maximum absolute atomic E-state index is 12.8. The number of hydrogen-bond donors (Lipinski definition) is 0. The van der Waals surface area contributed by atoms with Gasteiger partial charge in [-0.1, -0.05) is 12.1 Å². The average molecular weight is 364 g/mol. The highest BCUT2D eigenvalue weighted by Gasteiger charge is 2.26. The van der Waals surface area contributed by atoms with Crippen molar-refractivity contribution in [2.75, 3.05) is 31.2 Å². The van der Waals surface area contributed by atoms with Crippen LogP contribution >= 0.6 is 0 Å². The number of para-hydroxylation sites is 2. The topological polar surface area (TPSA) is 76.4 Å². The molecule has 0 atom stereocenters. The smallest absolute Gasteiger partial charge is 0.243 e. The Morgan fingerprint density at radius 3 is 2.85 bits per heavy atom. The zero-order valence-corrected chi connectivity index (χ0v) is 14.9. The minimum Gasteiger partial charge on any atom is -0.378 e. The predicted octanol–water partition coefficient (Wildman–Crippen LogP) is 1.21. The van der Waals surface area contributed by atoms with Gasteiger partial charge in [-0.2, -0.15) is 0 Å². The summed E-state index contributed by atoms with van der Waals surface area (Å²) in [6, 6.07) is 7.84. The van der Waals surface area contributed by atoms with Gasteiger partial charge in [-0.3, -0.25) is 4.79 Å². The third-order valence-electron chi connectivity index (χ3n) is 5.12. The molecule has 0 saturated carbocycles. The molecule has 0 bridgehead atoms. The zero-order valence-electron chi connectivity index (χ0n) is 14.9. The van der Waals surface area contributed by atoms with Crippen LogP contribution in [0.4, 0.5) is 5.95 Å². The number of benzene rings is 1. The van der Waals surface area contributed by atoms with E-state index in [-0.39, 0.29) is 12.5 Å². The zero-order chi connectivity index (χ0) is 18.2. The van der Waals surface area contributed by atoms with Crippen molar-refractivity contribution >= 4 is 22.9 Å². The van der Waals surface area contributed by atoms with E-state index in [1.165, 1.54) is 0 Å². The highest BCUT2D eigenvalue weighted by atomic mass is 16.5. The molecule has 4 heterocycles. The molecule has 1 amide bonds. The third kappa shape index (κ3) is 3.02. The Labute approximate surface area is 156 Å². The first-order valence-corrected chi connectivity index (χ1v) is 9.13. The lowest BCUT2D eigenvalue weighted by Gasteiger charge is -2.26. The Morgan fingerprint density at radius 1 is 1.11 bits per heavy atom. The maximum Gasteiger partial charge on any atom is 0.243 e. The number of morpholine rings is 1. The first kappa shape index (κ1) is 16.2. The van der Waals surface area contributed by atoms with Gasteiger partial charge >= 0.3 is 0 Å². The van der Waals surface area contributed by atoms with Gasteiger partial charge in [-0.05, 0) is 12.1 Å². The number of hydrogen-bond acceptors (Lipinski definition) is 6. The molecule has 2 aliphatic rings. The van der Waals surface area contributed by atoms with E-state index in [9.17, 15) is 4.79 Å². The van der Waals surface area contributed by atoms with E-state index in [1.807, 2.05) is 39.9 Å². The molecule has 3 aromatic rings. The van der Waals surface area contributed by atoms with Gasteiger partial charge < -0.3 is 19.1 Å². The van der Waals surface area contributed by atoms with Gasteiger partial charge in [-0.15, -0.1) is 0 Å². The number of imidazole rings is 1. The van der Waals surface area contributed by atoms with Crippen LogP contribution < -0.4 is 4.90 Å². The molecule has 0 N–H and O–H groups in total. The number of rotatable bonds is 3. The second kappa shape index (κ2) is 6.62. The molecule has 1 saturated heterocycles. The number of anilines is 1. The molecule has 138 valence electrons. The second-order valence-corrected chi connectivity index (χ2v) is 6.85. The Morgan fingerprint density at radius 2 is 1.96 bits per heavy atom. The first-order chi connectivity index (χ1) is 13.3. The van der Waals surface area contributed by atoms with Crippen LogP contribution in [0.5, 0.6) is 0 Å². The molecule has 0 radical (unpaired) electrons. The van der Waals surface area contributed by atoms with Gasteiger partial charge in [0, 0.05) is 31.4 Å². The highest BCUT2D eigenvalue weighted by molar-refractivity contribution is 5.81. The number of ether oxygens (including phenoxy) is 1. The standard InChI is InChI=1S/C19H20N6O2/c26-18(12-25-13-21-15-3-1-2-4-17(15)25)24-10-14-9-20-19(22-16(14)11-24)23-5-7-27-8-6-23/h1-4,9,13H,5-8,10-12H2. The van der Waals surface area contributed by atoms with Crippen molar-refractivity contribution in [3.8, 4) is 0 Å². The summed E-state index contributed by atoms with van der Waals surface area (Å²) in [7, 11) is 0. The van der Waals surface area contributed by atoms with Gasteiger partial charge in [0.1, 0.15) is 6.54 Å². The monoisotopic (exact) mass is 364 g/mol. The summed E-state index contributed by atoms with van der Waals surface area (Å²) in [5.41, 5.74) is 3.83. The fourth-order valence-corrected chi connectivity index (χ4v) is 3.62. The van der Waals surface area contributed by atoms with Crippen molar-refractivity contribution in [3.05, 3.63) is 48.0 Å². The van der Waals surface area contributed by atoms with Gasteiger partial charge in [0.25, 0.3) is 0 Å². The summed E-state index contributed by atoms with van der Waals surface area (Å²) < 4.78 is 7.28. The summed E-state index contributed by atoms with van der Waals surface area (Å²) in [4.78, 5) is 30.3. The largest absolute Gasteiger partial charge is 0.378 e. The third-order valence-corrected chi connectivity index (χ3v) is 5.12. The van der Waals surface area contributed by atoms with Crippen molar-refractivity contribution < 1.29 is 9.53 Å². The molecule has 8 heteroatoms. The number of amides is 1. The van der Waals surface area contributed by atoms with Crippen LogP contribution in [0.1, 0.15) is 11.3 Å². The first-order valence-electron chi connectivity index (χ1n) is 9.13. The highest BCUT2D eigenvalue weighted by Crippen LogP contribution is 2.23. The van der Waals surface area contributed by atoms with Crippen LogP contribution in [0.2, 0.25) is 0 Å².